The summed E-state index contributed by atoms with van der Waals surface area (Å²) < 4.78 is 2.20. The number of aromatic nitrogens is 2. The molecular formula is C20H35N5O2. The monoisotopic (exact) mass is 377 g/mol. The summed E-state index contributed by atoms with van der Waals surface area (Å²) in [5.74, 6) is 0.905. The molecule has 152 valence electrons. The fraction of sp³-hybridized carbons (Fsp3) is 0.750. The molecule has 1 aromatic rings. The topological polar surface area (TPSA) is 79.3 Å². The molecule has 2 rings (SSSR count). The summed E-state index contributed by atoms with van der Waals surface area (Å²) in [6.45, 7) is 13.2. The molecule has 7 heteroatoms. The van der Waals surface area contributed by atoms with E-state index in [1.54, 1.807) is 7.05 Å². The van der Waals surface area contributed by atoms with Crippen LogP contribution in [-0.2, 0) is 24.3 Å². The van der Waals surface area contributed by atoms with Crippen LogP contribution in [-0.4, -0.2) is 53.5 Å². The molecule has 1 aliphatic rings. The molecule has 1 atom stereocenters. The third-order valence-corrected chi connectivity index (χ3v) is 5.16. The molecule has 0 bridgehead atoms. The highest BCUT2D eigenvalue weighted by atomic mass is 16.2. The predicted octanol–water partition coefficient (Wildman–Crippen LogP) is 1.67. The number of carbonyl (C=O) groups is 2. The molecule has 27 heavy (non-hydrogen) atoms. The largest absolute Gasteiger partial charge is 0.359 e. The molecule has 0 spiro atoms. The van der Waals surface area contributed by atoms with Gasteiger partial charge < -0.3 is 15.2 Å². The van der Waals surface area contributed by atoms with Gasteiger partial charge in [-0.2, -0.15) is 0 Å². The number of amides is 2. The lowest BCUT2D eigenvalue weighted by atomic mass is 9.80. The molecule has 0 aliphatic carbocycles. The van der Waals surface area contributed by atoms with Gasteiger partial charge in [-0.25, -0.2) is 4.98 Å². The smallest absolute Gasteiger partial charge is 0.271 e. The van der Waals surface area contributed by atoms with Crippen LogP contribution in [0.4, 0.5) is 0 Å². The van der Waals surface area contributed by atoms with Crippen LogP contribution in [0.3, 0.4) is 0 Å². The van der Waals surface area contributed by atoms with Crippen LogP contribution >= 0.6 is 0 Å². The van der Waals surface area contributed by atoms with Crippen molar-refractivity contribution in [3.8, 4) is 0 Å². The van der Waals surface area contributed by atoms with Gasteiger partial charge in [-0.15, -0.1) is 0 Å². The maximum Gasteiger partial charge on any atom is 0.271 e. The molecule has 2 amide bonds. The quantitative estimate of drug-likeness (QED) is 0.790. The summed E-state index contributed by atoms with van der Waals surface area (Å²) in [5, 5.41) is 5.66. The van der Waals surface area contributed by atoms with Gasteiger partial charge in [-0.3, -0.25) is 14.5 Å². The van der Waals surface area contributed by atoms with Crippen LogP contribution in [0.1, 0.15) is 56.6 Å². The number of nitrogens with one attached hydrogen (secondary N) is 2. The average molecular weight is 378 g/mol. The highest BCUT2D eigenvalue weighted by Crippen LogP contribution is 2.26. The van der Waals surface area contributed by atoms with Gasteiger partial charge in [0, 0.05) is 39.6 Å². The van der Waals surface area contributed by atoms with E-state index in [1.807, 2.05) is 20.8 Å². The first-order valence-electron chi connectivity index (χ1n) is 9.81. The lowest BCUT2D eigenvalue weighted by Gasteiger charge is -2.29. The Labute approximate surface area is 162 Å². The molecule has 1 aliphatic heterocycles. The number of fused-ring (bicyclic) bond motifs is 1. The second kappa shape index (κ2) is 8.42. The van der Waals surface area contributed by atoms with Gasteiger partial charge in [-0.05, 0) is 18.4 Å². The van der Waals surface area contributed by atoms with Crippen molar-refractivity contribution in [2.75, 3.05) is 27.2 Å². The van der Waals surface area contributed by atoms with Crippen LogP contribution in [0, 0.1) is 17.3 Å². The molecule has 1 aromatic heterocycles. The Morgan fingerprint density at radius 3 is 2.44 bits per heavy atom. The Morgan fingerprint density at radius 1 is 1.22 bits per heavy atom. The van der Waals surface area contributed by atoms with E-state index in [1.165, 1.54) is 0 Å². The lowest BCUT2D eigenvalue weighted by molar-refractivity contribution is -0.127. The molecule has 0 fully saturated rings. The maximum absolute atomic E-state index is 12.9. The van der Waals surface area contributed by atoms with E-state index in [0.717, 1.165) is 31.0 Å². The van der Waals surface area contributed by atoms with Crippen molar-refractivity contribution in [2.24, 2.45) is 17.3 Å². The van der Waals surface area contributed by atoms with Crippen molar-refractivity contribution in [3.63, 3.8) is 0 Å². The first-order chi connectivity index (χ1) is 12.5. The standard InChI is InChI=1S/C20H35N5O2/c1-13(2)10-16-23-17(15-12-24(7)8-9-25(15)16)19(27)22-11-14(18(26)21-6)20(3,4)5/h13-14H,8-12H2,1-7H3,(H,21,26)(H,22,27)/t14-/m1/s1. The minimum absolute atomic E-state index is 0.0603. The summed E-state index contributed by atoms with van der Waals surface area (Å²) >= 11 is 0. The molecule has 0 saturated heterocycles. The van der Waals surface area contributed by atoms with Gasteiger partial charge in [0.2, 0.25) is 5.91 Å². The average Bonchev–Trinajstić information content (AvgIpc) is 2.90. The fourth-order valence-corrected chi connectivity index (χ4v) is 3.51. The van der Waals surface area contributed by atoms with E-state index in [2.05, 4.69) is 41.0 Å². The van der Waals surface area contributed by atoms with Gasteiger partial charge in [0.05, 0.1) is 11.6 Å². The normalized spacial score (nSPS) is 16.1. The summed E-state index contributed by atoms with van der Waals surface area (Å²) in [6.07, 6.45) is 0.854. The van der Waals surface area contributed by atoms with Crippen molar-refractivity contribution in [1.29, 1.82) is 0 Å². The third-order valence-electron chi connectivity index (χ3n) is 5.16. The van der Waals surface area contributed by atoms with Crippen molar-refractivity contribution >= 4 is 11.8 Å². The van der Waals surface area contributed by atoms with Gasteiger partial charge in [0.25, 0.3) is 5.91 Å². The molecule has 0 unspecified atom stereocenters. The van der Waals surface area contributed by atoms with Crippen LogP contribution in [0.5, 0.6) is 0 Å². The first kappa shape index (κ1) is 21.4. The molecule has 0 radical (unpaired) electrons. The van der Waals surface area contributed by atoms with E-state index in [4.69, 9.17) is 4.98 Å². The van der Waals surface area contributed by atoms with Gasteiger partial charge in [0.15, 0.2) is 5.69 Å². The number of rotatable bonds is 6. The zero-order chi connectivity index (χ0) is 20.4. The van der Waals surface area contributed by atoms with E-state index in [-0.39, 0.29) is 23.1 Å². The van der Waals surface area contributed by atoms with Crippen molar-refractivity contribution in [3.05, 3.63) is 17.2 Å². The summed E-state index contributed by atoms with van der Waals surface area (Å²) in [7, 11) is 3.68. The third kappa shape index (κ3) is 5.09. The molecule has 7 nitrogen and oxygen atoms in total. The Morgan fingerprint density at radius 2 is 1.89 bits per heavy atom. The lowest BCUT2D eigenvalue weighted by Crippen LogP contribution is -2.44. The van der Waals surface area contributed by atoms with Crippen LogP contribution < -0.4 is 10.6 Å². The summed E-state index contributed by atoms with van der Waals surface area (Å²) in [4.78, 5) is 32.0. The van der Waals surface area contributed by atoms with Crippen LogP contribution in [0.15, 0.2) is 0 Å². The van der Waals surface area contributed by atoms with E-state index < -0.39 is 0 Å². The molecular weight excluding hydrogens is 342 g/mol. The molecule has 2 heterocycles. The number of carbonyl (C=O) groups excluding carboxylic acids is 2. The Balaban J connectivity index is 2.23. The maximum atomic E-state index is 12.9. The van der Waals surface area contributed by atoms with Crippen LogP contribution in [0.2, 0.25) is 0 Å². The zero-order valence-electron chi connectivity index (χ0n) is 17.8. The van der Waals surface area contributed by atoms with Gasteiger partial charge >= 0.3 is 0 Å². The number of hydrogen-bond donors (Lipinski definition) is 2. The van der Waals surface area contributed by atoms with Gasteiger partial charge in [-0.1, -0.05) is 34.6 Å². The number of hydrogen-bond acceptors (Lipinski definition) is 4. The van der Waals surface area contributed by atoms with Crippen LogP contribution in [0.25, 0.3) is 0 Å². The molecule has 0 aromatic carbocycles. The highest BCUT2D eigenvalue weighted by Gasteiger charge is 2.32. The van der Waals surface area contributed by atoms with E-state index in [0.29, 0.717) is 24.7 Å². The number of nitrogens with zero attached hydrogens (tertiary/aromatic N) is 3. The number of imidazole rings is 1. The van der Waals surface area contributed by atoms with Gasteiger partial charge in [0.1, 0.15) is 5.82 Å². The van der Waals surface area contributed by atoms with Crippen molar-refractivity contribution in [1.82, 2.24) is 25.1 Å². The van der Waals surface area contributed by atoms with E-state index in [9.17, 15) is 9.59 Å². The first-order valence-corrected chi connectivity index (χ1v) is 9.81. The second-order valence-corrected chi connectivity index (χ2v) is 9.05. The zero-order valence-corrected chi connectivity index (χ0v) is 17.8. The second-order valence-electron chi connectivity index (χ2n) is 9.05. The predicted molar refractivity (Wildman–Crippen MR) is 106 cm³/mol. The van der Waals surface area contributed by atoms with E-state index >= 15 is 0 Å². The fourth-order valence-electron chi connectivity index (χ4n) is 3.51. The Bertz CT molecular complexity index is 687. The SMILES string of the molecule is CNC(=O)[C@@H](CNC(=O)c1nc(CC(C)C)n2c1CN(C)CC2)C(C)(C)C. The minimum atomic E-state index is -0.303. The highest BCUT2D eigenvalue weighted by molar-refractivity contribution is 5.94. The Hall–Kier alpha value is -1.89. The number of likely N-dealkylation sites (N-methyl/N-ethyl adjacent to an activating group) is 1. The summed E-state index contributed by atoms with van der Waals surface area (Å²) in [6, 6.07) is 0. The molecule has 2 N–H and O–H groups in total. The van der Waals surface area contributed by atoms with Crippen molar-refractivity contribution in [2.45, 2.75) is 54.1 Å². The van der Waals surface area contributed by atoms with Crippen molar-refractivity contribution < 1.29 is 9.59 Å². The Kier molecular flexibility index (Phi) is 6.68. The molecule has 0 saturated carbocycles. The summed E-state index contributed by atoms with van der Waals surface area (Å²) in [5.41, 5.74) is 1.23. The minimum Gasteiger partial charge on any atom is -0.359 e.